The maximum Gasteiger partial charge on any atom is 0.319 e. The van der Waals surface area contributed by atoms with Crippen LogP contribution in [-0.2, 0) is 17.8 Å². The number of hydrogen-bond acceptors (Lipinski definition) is 3. The van der Waals surface area contributed by atoms with E-state index in [9.17, 15) is 9.59 Å². The second-order valence-electron chi connectivity index (χ2n) is 6.73. The van der Waals surface area contributed by atoms with Gasteiger partial charge >= 0.3 is 6.03 Å². The average Bonchev–Trinajstić information content (AvgIpc) is 3.06. The molecule has 0 radical (unpaired) electrons. The molecule has 0 fully saturated rings. The lowest BCUT2D eigenvalue weighted by Crippen LogP contribution is -2.48. The number of H-pyrrole nitrogens is 1. The minimum Gasteiger partial charge on any atom is -0.348 e. The summed E-state index contributed by atoms with van der Waals surface area (Å²) in [6, 6.07) is 7.32. The lowest BCUT2D eigenvalue weighted by Gasteiger charge is -2.34. The zero-order valence-electron chi connectivity index (χ0n) is 14.8. The fourth-order valence-electron chi connectivity index (χ4n) is 3.68. The molecular weight excluding hydrogens is 330 g/mol. The molecule has 134 valence electrons. The Bertz CT molecular complexity index is 914. The normalized spacial score (nSPS) is 19.7. The van der Waals surface area contributed by atoms with Crippen molar-refractivity contribution in [2.45, 2.75) is 32.9 Å². The van der Waals surface area contributed by atoms with Gasteiger partial charge in [-0.25, -0.2) is 9.78 Å². The first-order valence-electron chi connectivity index (χ1n) is 8.69. The Kier molecular flexibility index (Phi) is 3.99. The number of aromatic amines is 1. The number of nitrogens with one attached hydrogen (secondary N) is 3. The number of aryl methyl sites for hydroxylation is 1. The molecule has 3 heterocycles. The monoisotopic (exact) mass is 351 g/mol. The molecule has 1 atom stereocenters. The summed E-state index contributed by atoms with van der Waals surface area (Å²) in [5, 5.41) is 5.57. The van der Waals surface area contributed by atoms with Crippen molar-refractivity contribution in [1.29, 1.82) is 0 Å². The van der Waals surface area contributed by atoms with Gasteiger partial charge < -0.3 is 20.5 Å². The third-order valence-corrected chi connectivity index (χ3v) is 5.06. The predicted molar refractivity (Wildman–Crippen MR) is 96.0 cm³/mol. The molecule has 1 aromatic carbocycles. The third kappa shape index (κ3) is 2.75. The third-order valence-electron chi connectivity index (χ3n) is 5.06. The van der Waals surface area contributed by atoms with E-state index in [2.05, 4.69) is 32.7 Å². The summed E-state index contributed by atoms with van der Waals surface area (Å²) in [4.78, 5) is 34.5. The van der Waals surface area contributed by atoms with E-state index in [0.717, 1.165) is 12.1 Å². The largest absolute Gasteiger partial charge is 0.348 e. The summed E-state index contributed by atoms with van der Waals surface area (Å²) >= 11 is 0. The highest BCUT2D eigenvalue weighted by Gasteiger charge is 2.36. The Hall–Kier alpha value is -3.09. The fraction of sp³-hybridized carbons (Fsp3) is 0.316. The number of benzene rings is 1. The second kappa shape index (κ2) is 6.33. The van der Waals surface area contributed by atoms with Crippen LogP contribution in [0.15, 0.2) is 41.9 Å². The SMILES string of the molecule is CC1=C(C(=O)N2CCc3ccccc3C2)[C@@H](c2nc[nH]c2C)NC(=O)N1. The Morgan fingerprint density at radius 2 is 2.00 bits per heavy atom. The molecule has 4 rings (SSSR count). The summed E-state index contributed by atoms with van der Waals surface area (Å²) in [7, 11) is 0. The van der Waals surface area contributed by atoms with Gasteiger partial charge in [-0.2, -0.15) is 0 Å². The Labute approximate surface area is 151 Å². The Morgan fingerprint density at radius 1 is 1.23 bits per heavy atom. The molecule has 7 nitrogen and oxygen atoms in total. The highest BCUT2D eigenvalue weighted by Crippen LogP contribution is 2.30. The van der Waals surface area contributed by atoms with Gasteiger partial charge in [0.1, 0.15) is 6.04 Å². The summed E-state index contributed by atoms with van der Waals surface area (Å²) < 4.78 is 0. The van der Waals surface area contributed by atoms with Gasteiger partial charge in [-0.1, -0.05) is 24.3 Å². The van der Waals surface area contributed by atoms with Crippen LogP contribution < -0.4 is 10.6 Å². The van der Waals surface area contributed by atoms with Crippen LogP contribution in [0.1, 0.15) is 35.5 Å². The van der Waals surface area contributed by atoms with Crippen molar-refractivity contribution in [2.24, 2.45) is 0 Å². The van der Waals surface area contributed by atoms with Gasteiger partial charge in [-0.15, -0.1) is 0 Å². The average molecular weight is 351 g/mol. The van der Waals surface area contributed by atoms with Crippen molar-refractivity contribution < 1.29 is 9.59 Å². The first-order valence-corrected chi connectivity index (χ1v) is 8.69. The van der Waals surface area contributed by atoms with Crippen molar-refractivity contribution in [3.63, 3.8) is 0 Å². The van der Waals surface area contributed by atoms with E-state index >= 15 is 0 Å². The van der Waals surface area contributed by atoms with E-state index in [1.807, 2.05) is 24.0 Å². The minimum atomic E-state index is -0.556. The lowest BCUT2D eigenvalue weighted by atomic mass is 9.95. The number of imidazole rings is 1. The lowest BCUT2D eigenvalue weighted by molar-refractivity contribution is -0.128. The molecule has 0 saturated heterocycles. The molecule has 7 heteroatoms. The van der Waals surface area contributed by atoms with Gasteiger partial charge in [0.15, 0.2) is 0 Å². The Balaban J connectivity index is 1.68. The number of urea groups is 1. The van der Waals surface area contributed by atoms with E-state index in [-0.39, 0.29) is 11.9 Å². The van der Waals surface area contributed by atoms with Crippen LogP contribution in [0.3, 0.4) is 0 Å². The summed E-state index contributed by atoms with van der Waals surface area (Å²) in [6.07, 6.45) is 2.41. The number of carbonyl (C=O) groups is 2. The number of amides is 3. The van der Waals surface area contributed by atoms with E-state index in [1.165, 1.54) is 11.1 Å². The van der Waals surface area contributed by atoms with Crippen molar-refractivity contribution in [2.75, 3.05) is 6.54 Å². The van der Waals surface area contributed by atoms with Gasteiger partial charge in [0, 0.05) is 24.5 Å². The van der Waals surface area contributed by atoms with Crippen LogP contribution in [0, 0.1) is 6.92 Å². The zero-order valence-corrected chi connectivity index (χ0v) is 14.8. The highest BCUT2D eigenvalue weighted by molar-refractivity contribution is 5.98. The second-order valence-corrected chi connectivity index (χ2v) is 6.73. The van der Waals surface area contributed by atoms with Crippen molar-refractivity contribution >= 4 is 11.9 Å². The number of allylic oxidation sites excluding steroid dienone is 1. The topological polar surface area (TPSA) is 90.1 Å². The number of aromatic nitrogens is 2. The molecule has 0 spiro atoms. The first kappa shape index (κ1) is 16.4. The molecule has 0 saturated carbocycles. The molecule has 2 aromatic rings. The van der Waals surface area contributed by atoms with Crippen molar-refractivity contribution in [1.82, 2.24) is 25.5 Å². The van der Waals surface area contributed by atoms with Crippen LogP contribution in [0.4, 0.5) is 4.79 Å². The van der Waals surface area contributed by atoms with Crippen LogP contribution in [-0.4, -0.2) is 33.4 Å². The van der Waals surface area contributed by atoms with Crippen LogP contribution in [0.25, 0.3) is 0 Å². The maximum atomic E-state index is 13.3. The standard InChI is InChI=1S/C19H21N5O2/c1-11-15(17(23-19(26)22-11)16-12(2)20-10-21-16)18(25)24-8-7-13-5-3-4-6-14(13)9-24/h3-6,10,17H,7-9H2,1-2H3,(H,20,21)(H2,22,23,26)/t17-/m0/s1. The van der Waals surface area contributed by atoms with Crippen molar-refractivity contribution in [3.8, 4) is 0 Å². The first-order chi connectivity index (χ1) is 12.5. The number of rotatable bonds is 2. The van der Waals surface area contributed by atoms with E-state index < -0.39 is 6.04 Å². The molecule has 0 unspecified atom stereocenters. The molecule has 1 aromatic heterocycles. The molecule has 3 N–H and O–H groups in total. The molecule has 26 heavy (non-hydrogen) atoms. The maximum absolute atomic E-state index is 13.3. The van der Waals surface area contributed by atoms with E-state index in [0.29, 0.717) is 30.1 Å². The van der Waals surface area contributed by atoms with Crippen LogP contribution >= 0.6 is 0 Å². The van der Waals surface area contributed by atoms with Gasteiger partial charge in [0.2, 0.25) is 0 Å². The predicted octanol–water partition coefficient (Wildman–Crippen LogP) is 1.93. The minimum absolute atomic E-state index is 0.0723. The molecule has 0 aliphatic carbocycles. The van der Waals surface area contributed by atoms with Crippen LogP contribution in [0.5, 0.6) is 0 Å². The summed E-state index contributed by atoms with van der Waals surface area (Å²) in [5.41, 5.74) is 5.08. The van der Waals surface area contributed by atoms with Crippen LogP contribution in [0.2, 0.25) is 0 Å². The molecule has 0 bridgehead atoms. The van der Waals surface area contributed by atoms with Gasteiger partial charge in [-0.3, -0.25) is 4.79 Å². The molecular formula is C19H21N5O2. The van der Waals surface area contributed by atoms with Gasteiger partial charge in [0.05, 0.1) is 17.6 Å². The fourth-order valence-corrected chi connectivity index (χ4v) is 3.68. The molecule has 3 amide bonds. The van der Waals surface area contributed by atoms with Gasteiger partial charge in [-0.05, 0) is 31.4 Å². The number of fused-ring (bicyclic) bond motifs is 1. The quantitative estimate of drug-likeness (QED) is 0.772. The Morgan fingerprint density at radius 3 is 2.73 bits per heavy atom. The van der Waals surface area contributed by atoms with Gasteiger partial charge in [0.25, 0.3) is 5.91 Å². The van der Waals surface area contributed by atoms with E-state index in [4.69, 9.17) is 0 Å². The molecule has 2 aliphatic rings. The highest BCUT2D eigenvalue weighted by atomic mass is 16.2. The number of carbonyl (C=O) groups excluding carboxylic acids is 2. The summed E-state index contributed by atoms with van der Waals surface area (Å²) in [5.74, 6) is -0.0723. The number of nitrogens with zero attached hydrogens (tertiary/aromatic N) is 2. The van der Waals surface area contributed by atoms with Crippen molar-refractivity contribution in [3.05, 3.63) is 64.4 Å². The van der Waals surface area contributed by atoms with E-state index in [1.54, 1.807) is 13.3 Å². The zero-order chi connectivity index (χ0) is 18.3. The smallest absolute Gasteiger partial charge is 0.319 e. The summed E-state index contributed by atoms with van der Waals surface area (Å²) in [6.45, 7) is 4.88. The molecule has 2 aliphatic heterocycles. The number of hydrogen-bond donors (Lipinski definition) is 3.